The van der Waals surface area contributed by atoms with Crippen LogP contribution in [0.1, 0.15) is 41.4 Å². The van der Waals surface area contributed by atoms with Crippen molar-refractivity contribution in [3.8, 4) is 0 Å². The largest absolute Gasteiger partial charge is 0.354 e. The Balaban J connectivity index is 1.40. The Morgan fingerprint density at radius 2 is 1.68 bits per heavy atom. The number of aromatic nitrogens is 2. The van der Waals surface area contributed by atoms with Crippen LogP contribution in [-0.2, 0) is 17.6 Å². The van der Waals surface area contributed by atoms with E-state index in [1.807, 2.05) is 36.4 Å². The van der Waals surface area contributed by atoms with Gasteiger partial charge in [-0.05, 0) is 30.0 Å². The lowest BCUT2D eigenvalue weighted by molar-refractivity contribution is -0.120. The number of benzene rings is 2. The molecule has 0 spiro atoms. The van der Waals surface area contributed by atoms with Crippen molar-refractivity contribution < 1.29 is 9.59 Å². The lowest BCUT2D eigenvalue weighted by Gasteiger charge is -2.07. The fraction of sp³-hybridized carbons (Fsp3) is 0.318. The molecule has 6 heteroatoms. The first-order valence-corrected chi connectivity index (χ1v) is 9.73. The van der Waals surface area contributed by atoms with Crippen LogP contribution in [0.4, 0.5) is 0 Å². The quantitative estimate of drug-likeness (QED) is 0.500. The van der Waals surface area contributed by atoms with E-state index in [1.54, 1.807) is 0 Å². The number of amides is 2. The van der Waals surface area contributed by atoms with Crippen molar-refractivity contribution in [1.29, 1.82) is 0 Å². The number of unbranched alkanes of at least 4 members (excludes halogenated alkanes) is 1. The molecule has 0 unspecified atom stereocenters. The summed E-state index contributed by atoms with van der Waals surface area (Å²) in [6.45, 7) is 2.90. The highest BCUT2D eigenvalue weighted by molar-refractivity contribution is 6.04. The van der Waals surface area contributed by atoms with E-state index in [0.29, 0.717) is 25.2 Å². The Hall–Kier alpha value is -3.15. The first-order valence-electron chi connectivity index (χ1n) is 9.73. The molecular weight excluding hydrogens is 352 g/mol. The first-order chi connectivity index (χ1) is 13.7. The summed E-state index contributed by atoms with van der Waals surface area (Å²) in [4.78, 5) is 24.3. The van der Waals surface area contributed by atoms with E-state index < -0.39 is 0 Å². The number of fused-ring (bicyclic) bond motifs is 1. The van der Waals surface area contributed by atoms with Crippen molar-refractivity contribution in [1.82, 2.24) is 20.8 Å². The number of carbonyl (C=O) groups is 2. The molecule has 0 bridgehead atoms. The molecular formula is C22H26N4O2. The first kappa shape index (κ1) is 19.6. The lowest BCUT2D eigenvalue weighted by atomic mass is 10.0. The Morgan fingerprint density at radius 3 is 2.46 bits per heavy atom. The van der Waals surface area contributed by atoms with E-state index in [0.717, 1.165) is 22.9 Å². The molecule has 2 aromatic carbocycles. The monoisotopic (exact) mass is 378 g/mol. The summed E-state index contributed by atoms with van der Waals surface area (Å²) in [7, 11) is 0. The molecule has 146 valence electrons. The van der Waals surface area contributed by atoms with E-state index in [9.17, 15) is 9.59 Å². The SMILES string of the molecule is CCCCc1ccc(CC(=O)NCCNC(=O)c2n[nH]c3ccccc23)cc1. The lowest BCUT2D eigenvalue weighted by Crippen LogP contribution is -2.35. The minimum atomic E-state index is -0.255. The highest BCUT2D eigenvalue weighted by Crippen LogP contribution is 2.14. The molecule has 0 atom stereocenters. The number of nitrogens with one attached hydrogen (secondary N) is 3. The molecule has 28 heavy (non-hydrogen) atoms. The van der Waals surface area contributed by atoms with E-state index in [2.05, 4.69) is 39.9 Å². The van der Waals surface area contributed by atoms with Crippen LogP contribution in [0.2, 0.25) is 0 Å². The van der Waals surface area contributed by atoms with Gasteiger partial charge in [-0.2, -0.15) is 5.10 Å². The van der Waals surface area contributed by atoms with Crippen LogP contribution in [0.25, 0.3) is 10.9 Å². The Kier molecular flexibility index (Phi) is 6.78. The molecule has 0 fully saturated rings. The predicted octanol–water partition coefficient (Wildman–Crippen LogP) is 2.99. The molecule has 3 aromatic rings. The van der Waals surface area contributed by atoms with Crippen molar-refractivity contribution in [2.24, 2.45) is 0 Å². The fourth-order valence-corrected chi connectivity index (χ4v) is 3.05. The zero-order chi connectivity index (χ0) is 19.8. The van der Waals surface area contributed by atoms with Gasteiger partial charge in [-0.15, -0.1) is 0 Å². The van der Waals surface area contributed by atoms with E-state index >= 15 is 0 Å². The normalized spacial score (nSPS) is 10.8. The Bertz CT molecular complexity index is 931. The van der Waals surface area contributed by atoms with Crippen molar-refractivity contribution in [3.05, 3.63) is 65.4 Å². The van der Waals surface area contributed by atoms with E-state index in [-0.39, 0.29) is 11.8 Å². The van der Waals surface area contributed by atoms with Crippen molar-refractivity contribution in [2.45, 2.75) is 32.6 Å². The van der Waals surface area contributed by atoms with Crippen LogP contribution in [0.15, 0.2) is 48.5 Å². The molecule has 3 N–H and O–H groups in total. The van der Waals surface area contributed by atoms with Gasteiger partial charge in [0.25, 0.3) is 5.91 Å². The van der Waals surface area contributed by atoms with E-state index in [4.69, 9.17) is 0 Å². The summed E-state index contributed by atoms with van der Waals surface area (Å²) < 4.78 is 0. The van der Waals surface area contributed by atoms with Crippen molar-refractivity contribution >= 4 is 22.7 Å². The average Bonchev–Trinajstić information content (AvgIpc) is 3.15. The van der Waals surface area contributed by atoms with Gasteiger partial charge in [0, 0.05) is 18.5 Å². The number of aromatic amines is 1. The van der Waals surface area contributed by atoms with Gasteiger partial charge in [0.1, 0.15) is 0 Å². The van der Waals surface area contributed by atoms with Crippen LogP contribution in [-0.4, -0.2) is 35.1 Å². The zero-order valence-corrected chi connectivity index (χ0v) is 16.1. The molecule has 0 aliphatic heterocycles. The molecule has 1 aromatic heterocycles. The van der Waals surface area contributed by atoms with Gasteiger partial charge in [-0.25, -0.2) is 0 Å². The van der Waals surface area contributed by atoms with Gasteiger partial charge in [0.15, 0.2) is 5.69 Å². The predicted molar refractivity (Wildman–Crippen MR) is 110 cm³/mol. The summed E-state index contributed by atoms with van der Waals surface area (Å²) in [6, 6.07) is 15.7. The van der Waals surface area contributed by atoms with Gasteiger partial charge in [-0.1, -0.05) is 55.8 Å². The second kappa shape index (κ2) is 9.69. The number of hydrogen-bond acceptors (Lipinski definition) is 3. The number of hydrogen-bond donors (Lipinski definition) is 3. The van der Waals surface area contributed by atoms with Crippen LogP contribution >= 0.6 is 0 Å². The smallest absolute Gasteiger partial charge is 0.272 e. The van der Waals surface area contributed by atoms with E-state index in [1.165, 1.54) is 18.4 Å². The van der Waals surface area contributed by atoms with Crippen LogP contribution < -0.4 is 10.6 Å². The molecule has 0 saturated carbocycles. The number of nitrogens with zero attached hydrogens (tertiary/aromatic N) is 1. The molecule has 0 aliphatic rings. The zero-order valence-electron chi connectivity index (χ0n) is 16.1. The Morgan fingerprint density at radius 1 is 0.964 bits per heavy atom. The summed E-state index contributed by atoms with van der Waals surface area (Å²) in [5.74, 6) is -0.310. The van der Waals surface area contributed by atoms with Crippen LogP contribution in [0.3, 0.4) is 0 Å². The minimum absolute atomic E-state index is 0.0548. The van der Waals surface area contributed by atoms with Gasteiger partial charge in [0.2, 0.25) is 5.91 Å². The maximum Gasteiger partial charge on any atom is 0.272 e. The van der Waals surface area contributed by atoms with Crippen LogP contribution in [0, 0.1) is 0 Å². The van der Waals surface area contributed by atoms with Gasteiger partial charge < -0.3 is 10.6 Å². The third-order valence-corrected chi connectivity index (χ3v) is 4.62. The molecule has 0 saturated heterocycles. The molecule has 2 amide bonds. The Labute approximate surface area is 164 Å². The molecule has 1 heterocycles. The number of rotatable bonds is 9. The van der Waals surface area contributed by atoms with Gasteiger partial charge in [0.05, 0.1) is 11.9 Å². The standard InChI is InChI=1S/C22H26N4O2/c1-2-3-6-16-9-11-17(12-10-16)15-20(27)23-13-14-24-22(28)21-18-7-4-5-8-19(18)25-26-21/h4-5,7-12H,2-3,6,13-15H2,1H3,(H,23,27)(H,24,28)(H,25,26). The van der Waals surface area contributed by atoms with Crippen molar-refractivity contribution in [3.63, 3.8) is 0 Å². The number of H-pyrrole nitrogens is 1. The number of para-hydroxylation sites is 1. The summed E-state index contributed by atoms with van der Waals surface area (Å²) >= 11 is 0. The third kappa shape index (κ3) is 5.19. The molecule has 0 radical (unpaired) electrons. The van der Waals surface area contributed by atoms with Crippen molar-refractivity contribution in [2.75, 3.05) is 13.1 Å². The second-order valence-electron chi connectivity index (χ2n) is 6.82. The topological polar surface area (TPSA) is 86.9 Å². The summed E-state index contributed by atoms with van der Waals surface area (Å²) in [5.41, 5.74) is 3.48. The third-order valence-electron chi connectivity index (χ3n) is 4.62. The summed E-state index contributed by atoms with van der Waals surface area (Å²) in [5, 5.41) is 13.3. The molecule has 0 aliphatic carbocycles. The highest BCUT2D eigenvalue weighted by atomic mass is 16.2. The van der Waals surface area contributed by atoms with Gasteiger partial charge in [-0.3, -0.25) is 14.7 Å². The number of carbonyl (C=O) groups excluding carboxylic acids is 2. The average molecular weight is 378 g/mol. The molecule has 6 nitrogen and oxygen atoms in total. The fourth-order valence-electron chi connectivity index (χ4n) is 3.05. The maximum atomic E-state index is 12.3. The molecule has 3 rings (SSSR count). The maximum absolute atomic E-state index is 12.3. The number of aryl methyl sites for hydroxylation is 1. The second-order valence-corrected chi connectivity index (χ2v) is 6.82. The summed E-state index contributed by atoms with van der Waals surface area (Å²) in [6.07, 6.45) is 3.77. The minimum Gasteiger partial charge on any atom is -0.354 e. The van der Waals surface area contributed by atoms with Gasteiger partial charge >= 0.3 is 0 Å². The van der Waals surface area contributed by atoms with Crippen LogP contribution in [0.5, 0.6) is 0 Å². The highest BCUT2D eigenvalue weighted by Gasteiger charge is 2.13.